The number of fused-ring (bicyclic) bond motifs is 2. The summed E-state index contributed by atoms with van der Waals surface area (Å²) in [5, 5.41) is 25.4. The van der Waals surface area contributed by atoms with Crippen LogP contribution in [0.4, 0.5) is 5.13 Å². The van der Waals surface area contributed by atoms with Gasteiger partial charge in [0.25, 0.3) is 10.0 Å². The molecule has 3 atom stereocenters. The van der Waals surface area contributed by atoms with Crippen LogP contribution in [0.2, 0.25) is 10.0 Å². The van der Waals surface area contributed by atoms with Crippen molar-refractivity contribution in [2.24, 2.45) is 0 Å². The van der Waals surface area contributed by atoms with E-state index >= 15 is 0 Å². The Kier molecular flexibility index (Phi) is 12.9. The lowest BCUT2D eigenvalue weighted by atomic mass is 9.94. The SMILES string of the molecule is CC(=O)Nc1ncc(S(=O)(=O)N2Cc3cc4c(cc3C[C@H]2C(=O)NC(Cc2ccc(-c3ccc(C#N)cc3)cc2)C(=O)O)OC[C@H](c2ccc(OCc3ccc(Cl)c(Cl)c3)cc2)O4)s1. The number of anilines is 1. The fraction of sp³-hybridized carbons (Fsp3) is 0.196. The summed E-state index contributed by atoms with van der Waals surface area (Å²) in [6.45, 7) is 1.44. The maximum atomic E-state index is 14.4. The van der Waals surface area contributed by atoms with Crippen molar-refractivity contribution in [1.82, 2.24) is 14.6 Å². The molecule has 1 aromatic heterocycles. The molecule has 0 saturated carbocycles. The molecular formula is C46H37Cl2N5O9S2. The Morgan fingerprint density at radius 3 is 2.30 bits per heavy atom. The molecule has 64 heavy (non-hydrogen) atoms. The van der Waals surface area contributed by atoms with Crippen molar-refractivity contribution in [3.05, 3.63) is 153 Å². The first-order valence-electron chi connectivity index (χ1n) is 19.7. The summed E-state index contributed by atoms with van der Waals surface area (Å²) >= 11 is 12.9. The zero-order valence-electron chi connectivity index (χ0n) is 33.8. The first-order chi connectivity index (χ1) is 30.7. The van der Waals surface area contributed by atoms with Crippen LogP contribution in [0.15, 0.2) is 114 Å². The largest absolute Gasteiger partial charge is 0.489 e. The molecule has 8 rings (SSSR count). The van der Waals surface area contributed by atoms with Gasteiger partial charge in [0.15, 0.2) is 26.9 Å². The number of aliphatic carboxylic acids is 1. The average molecular weight is 939 g/mol. The van der Waals surface area contributed by atoms with Crippen molar-refractivity contribution in [1.29, 1.82) is 5.26 Å². The number of rotatable bonds is 13. The Balaban J connectivity index is 1.01. The molecule has 0 fully saturated rings. The molecule has 326 valence electrons. The molecule has 5 aromatic carbocycles. The smallest absolute Gasteiger partial charge is 0.326 e. The Labute approximate surface area is 382 Å². The number of ether oxygens (including phenoxy) is 3. The molecule has 3 heterocycles. The van der Waals surface area contributed by atoms with Gasteiger partial charge in [-0.2, -0.15) is 9.57 Å². The predicted molar refractivity (Wildman–Crippen MR) is 239 cm³/mol. The summed E-state index contributed by atoms with van der Waals surface area (Å²) in [7, 11) is -4.45. The number of carboxylic acids is 1. The second-order valence-electron chi connectivity index (χ2n) is 15.0. The highest BCUT2D eigenvalue weighted by Crippen LogP contribution is 2.42. The molecule has 0 radical (unpaired) electrons. The van der Waals surface area contributed by atoms with E-state index in [4.69, 9.17) is 42.7 Å². The lowest BCUT2D eigenvalue weighted by Gasteiger charge is -2.36. The Bertz CT molecular complexity index is 2910. The Morgan fingerprint density at radius 1 is 0.938 bits per heavy atom. The van der Waals surface area contributed by atoms with Crippen LogP contribution >= 0.6 is 34.5 Å². The number of aromatic nitrogens is 1. The maximum Gasteiger partial charge on any atom is 0.326 e. The van der Waals surface area contributed by atoms with Crippen molar-refractivity contribution >= 4 is 67.5 Å². The van der Waals surface area contributed by atoms with Gasteiger partial charge in [-0.25, -0.2) is 18.2 Å². The van der Waals surface area contributed by atoms with Gasteiger partial charge in [0.1, 0.15) is 31.0 Å². The third kappa shape index (κ3) is 9.84. The van der Waals surface area contributed by atoms with Gasteiger partial charge in [-0.15, -0.1) is 0 Å². The van der Waals surface area contributed by atoms with Gasteiger partial charge in [-0.3, -0.25) is 9.59 Å². The molecule has 2 aliphatic rings. The van der Waals surface area contributed by atoms with Crippen LogP contribution in [0.1, 0.15) is 46.4 Å². The van der Waals surface area contributed by atoms with Gasteiger partial charge in [0.2, 0.25) is 11.8 Å². The number of thiazole rings is 1. The first kappa shape index (κ1) is 44.1. The van der Waals surface area contributed by atoms with E-state index in [-0.39, 0.29) is 41.9 Å². The molecular weight excluding hydrogens is 902 g/mol. The van der Waals surface area contributed by atoms with Crippen molar-refractivity contribution in [2.75, 3.05) is 11.9 Å². The molecule has 3 N–H and O–H groups in total. The average Bonchev–Trinajstić information content (AvgIpc) is 3.77. The number of halogens is 2. The van der Waals surface area contributed by atoms with Gasteiger partial charge in [0, 0.05) is 19.9 Å². The number of carbonyl (C=O) groups is 3. The van der Waals surface area contributed by atoms with Crippen LogP contribution in [0, 0.1) is 11.3 Å². The van der Waals surface area contributed by atoms with Crippen LogP contribution in [-0.4, -0.2) is 59.3 Å². The molecule has 0 aliphatic carbocycles. The Hall–Kier alpha value is -6.48. The van der Waals surface area contributed by atoms with E-state index in [1.807, 2.05) is 54.6 Å². The fourth-order valence-corrected chi connectivity index (χ4v) is 10.4. The third-order valence-corrected chi connectivity index (χ3v) is 14.6. The fourth-order valence-electron chi connectivity index (χ4n) is 7.32. The van der Waals surface area contributed by atoms with E-state index in [2.05, 4.69) is 21.7 Å². The molecule has 2 aliphatic heterocycles. The molecule has 0 spiro atoms. The molecule has 6 aromatic rings. The molecule has 2 amide bonds. The van der Waals surface area contributed by atoms with E-state index < -0.39 is 46.0 Å². The maximum absolute atomic E-state index is 14.4. The van der Waals surface area contributed by atoms with Crippen LogP contribution < -0.4 is 24.8 Å². The molecule has 0 saturated heterocycles. The molecule has 14 nitrogen and oxygen atoms in total. The van der Waals surface area contributed by atoms with Crippen molar-refractivity contribution in [3.63, 3.8) is 0 Å². The minimum absolute atomic E-state index is 0.0531. The van der Waals surface area contributed by atoms with E-state index in [0.29, 0.717) is 49.5 Å². The van der Waals surface area contributed by atoms with Gasteiger partial charge in [-0.05, 0) is 93.9 Å². The zero-order chi connectivity index (χ0) is 45.1. The third-order valence-electron chi connectivity index (χ3n) is 10.6. The van der Waals surface area contributed by atoms with Gasteiger partial charge < -0.3 is 30.0 Å². The van der Waals surface area contributed by atoms with E-state index in [1.165, 1.54) is 6.92 Å². The highest BCUT2D eigenvalue weighted by Gasteiger charge is 2.42. The van der Waals surface area contributed by atoms with Gasteiger partial charge in [-0.1, -0.05) is 89.1 Å². The summed E-state index contributed by atoms with van der Waals surface area (Å²) in [6.07, 6.45) is 0.387. The number of hydrogen-bond donors (Lipinski definition) is 3. The second kappa shape index (κ2) is 18.7. The zero-order valence-corrected chi connectivity index (χ0v) is 36.9. The number of nitrogens with zero attached hydrogens (tertiary/aromatic N) is 3. The van der Waals surface area contributed by atoms with Crippen molar-refractivity contribution in [3.8, 4) is 34.4 Å². The summed E-state index contributed by atoms with van der Waals surface area (Å²) in [5.74, 6) is -1.17. The lowest BCUT2D eigenvalue weighted by Crippen LogP contribution is -2.55. The second-order valence-corrected chi connectivity index (χ2v) is 19.0. The Morgan fingerprint density at radius 2 is 1.62 bits per heavy atom. The van der Waals surface area contributed by atoms with E-state index in [1.54, 1.807) is 48.5 Å². The number of benzene rings is 5. The summed E-state index contributed by atoms with van der Waals surface area (Å²) in [5.41, 5.74) is 5.67. The number of amides is 2. The van der Waals surface area contributed by atoms with Crippen LogP contribution in [0.25, 0.3) is 11.1 Å². The van der Waals surface area contributed by atoms with Crippen LogP contribution in [0.5, 0.6) is 17.2 Å². The van der Waals surface area contributed by atoms with Gasteiger partial charge in [0.05, 0.1) is 27.9 Å². The minimum Gasteiger partial charge on any atom is -0.489 e. The minimum atomic E-state index is -4.45. The highest BCUT2D eigenvalue weighted by atomic mass is 35.5. The first-order valence-corrected chi connectivity index (χ1v) is 22.7. The summed E-state index contributed by atoms with van der Waals surface area (Å²) in [4.78, 5) is 42.6. The van der Waals surface area contributed by atoms with Crippen LogP contribution in [-0.2, 0) is 50.4 Å². The molecule has 1 unspecified atom stereocenters. The number of hydrogen-bond acceptors (Lipinski definition) is 11. The molecule has 18 heteroatoms. The number of sulfonamides is 1. The van der Waals surface area contributed by atoms with Crippen molar-refractivity contribution in [2.45, 2.75) is 55.3 Å². The number of nitrogens with one attached hydrogen (secondary N) is 2. The number of carboxylic acid groups (broad SMARTS) is 1. The quantitative estimate of drug-likeness (QED) is 0.102. The lowest BCUT2D eigenvalue weighted by molar-refractivity contribution is -0.142. The van der Waals surface area contributed by atoms with Crippen molar-refractivity contribution < 1.29 is 42.1 Å². The normalized spacial score (nSPS) is 16.2. The predicted octanol–water partition coefficient (Wildman–Crippen LogP) is 7.97. The number of nitriles is 1. The van der Waals surface area contributed by atoms with E-state index in [0.717, 1.165) is 44.1 Å². The molecule has 0 bridgehead atoms. The topological polar surface area (TPSA) is 197 Å². The standard InChI is InChI=1S/C46H37Cl2N5O9S2/c1-26(54)51-46-50-22-43(63-46)64(58,59)53-23-34-20-41-40(61-25-42(62-41)32-11-13-35(14-12-32)60-24-29-6-15-36(47)37(48)16-29)19-33(34)18-39(53)44(55)52-38(45(56)57)17-27-2-7-30(8-3-27)31-9-4-28(21-49)5-10-31/h2-16,19-20,22,38-39,42H,17-18,23-25H2,1H3,(H,52,55)(H,56,57)(H,50,51,54)/t38?,39-,42+/m0/s1. The van der Waals surface area contributed by atoms with E-state index in [9.17, 15) is 27.9 Å². The summed E-state index contributed by atoms with van der Waals surface area (Å²) < 4.78 is 48.1. The van der Waals surface area contributed by atoms with Crippen LogP contribution in [0.3, 0.4) is 0 Å². The highest BCUT2D eigenvalue weighted by molar-refractivity contribution is 7.91. The number of carbonyl (C=O) groups excluding carboxylic acids is 2. The van der Waals surface area contributed by atoms with Gasteiger partial charge >= 0.3 is 5.97 Å². The monoisotopic (exact) mass is 937 g/mol. The summed E-state index contributed by atoms with van der Waals surface area (Å²) in [6, 6.07) is 29.5.